The second-order valence-electron chi connectivity index (χ2n) is 6.56. The third-order valence-electron chi connectivity index (χ3n) is 4.41. The number of ether oxygens (including phenoxy) is 1. The number of halogens is 2. The zero-order valence-corrected chi connectivity index (χ0v) is 19.1. The van der Waals surface area contributed by atoms with Gasteiger partial charge in [-0.3, -0.25) is 9.10 Å². The molecule has 1 N–H and O–H groups in total. The zero-order valence-electron chi connectivity index (χ0n) is 16.8. The van der Waals surface area contributed by atoms with Gasteiger partial charge in [-0.05, 0) is 42.5 Å². The number of benzene rings is 3. The van der Waals surface area contributed by atoms with Crippen molar-refractivity contribution in [1.29, 1.82) is 0 Å². The Hall–Kier alpha value is -3.07. The number of nitrogens with zero attached hydrogens (tertiary/aromatic N) is 1. The number of carbonyl (C=O) groups is 2. The second-order valence-corrected chi connectivity index (χ2v) is 9.32. The van der Waals surface area contributed by atoms with E-state index in [9.17, 15) is 18.0 Å². The summed E-state index contributed by atoms with van der Waals surface area (Å²) < 4.78 is 32.0. The lowest BCUT2D eigenvalue weighted by Crippen LogP contribution is -2.26. The summed E-state index contributed by atoms with van der Waals surface area (Å²) in [6.07, 6.45) is 0. The topological polar surface area (TPSA) is 92.8 Å². The summed E-state index contributed by atoms with van der Waals surface area (Å²) in [7, 11) is -2.49. The van der Waals surface area contributed by atoms with E-state index in [1.54, 1.807) is 48.5 Å². The fraction of sp³-hybridized carbons (Fsp3) is 0.0909. The van der Waals surface area contributed by atoms with Gasteiger partial charge in [0.1, 0.15) is 0 Å². The quantitative estimate of drug-likeness (QED) is 0.485. The first-order chi connectivity index (χ1) is 15.2. The van der Waals surface area contributed by atoms with Gasteiger partial charge in [-0.1, -0.05) is 53.5 Å². The van der Waals surface area contributed by atoms with Gasteiger partial charge in [0.25, 0.3) is 15.9 Å². The fourth-order valence-electron chi connectivity index (χ4n) is 2.72. The highest BCUT2D eigenvalue weighted by Gasteiger charge is 2.23. The molecule has 0 aliphatic carbocycles. The van der Waals surface area contributed by atoms with Gasteiger partial charge in [-0.15, -0.1) is 0 Å². The molecule has 10 heteroatoms. The van der Waals surface area contributed by atoms with E-state index in [1.807, 2.05) is 0 Å². The minimum absolute atomic E-state index is 0.0128. The zero-order chi connectivity index (χ0) is 23.3. The number of hydrogen-bond acceptors (Lipinski definition) is 5. The van der Waals surface area contributed by atoms with Gasteiger partial charge < -0.3 is 10.1 Å². The van der Waals surface area contributed by atoms with Crippen LogP contribution in [0.25, 0.3) is 0 Å². The normalized spacial score (nSPS) is 11.0. The van der Waals surface area contributed by atoms with Crippen molar-refractivity contribution in [2.75, 3.05) is 23.3 Å². The molecule has 0 bridgehead atoms. The van der Waals surface area contributed by atoms with E-state index in [0.29, 0.717) is 5.69 Å². The number of anilines is 2. The predicted octanol–water partition coefficient (Wildman–Crippen LogP) is 4.61. The van der Waals surface area contributed by atoms with Crippen molar-refractivity contribution in [3.63, 3.8) is 0 Å². The molecule has 0 atom stereocenters. The number of para-hydroxylation sites is 1. The Labute approximate surface area is 195 Å². The first kappa shape index (κ1) is 23.6. The Morgan fingerprint density at radius 3 is 2.38 bits per heavy atom. The molecular formula is C22H18Cl2N2O5S. The Bertz CT molecular complexity index is 1250. The molecule has 0 saturated carbocycles. The van der Waals surface area contributed by atoms with Crippen LogP contribution in [0.5, 0.6) is 0 Å². The summed E-state index contributed by atoms with van der Waals surface area (Å²) in [5.74, 6) is -1.48. The number of sulfonamides is 1. The number of esters is 1. The van der Waals surface area contributed by atoms with Crippen LogP contribution in [0.15, 0.2) is 77.7 Å². The van der Waals surface area contributed by atoms with Crippen LogP contribution in [0.1, 0.15) is 10.4 Å². The summed E-state index contributed by atoms with van der Waals surface area (Å²) >= 11 is 11.9. The van der Waals surface area contributed by atoms with Crippen LogP contribution in [-0.2, 0) is 19.6 Å². The van der Waals surface area contributed by atoms with Crippen molar-refractivity contribution < 1.29 is 22.7 Å². The summed E-state index contributed by atoms with van der Waals surface area (Å²) in [6, 6.07) is 18.6. The number of carbonyl (C=O) groups excluding carboxylic acids is 2. The van der Waals surface area contributed by atoms with Crippen molar-refractivity contribution in [3.8, 4) is 0 Å². The van der Waals surface area contributed by atoms with E-state index in [0.717, 1.165) is 4.31 Å². The molecule has 32 heavy (non-hydrogen) atoms. The standard InChI is InChI=1S/C22H18Cl2N2O5S/c1-26(16-8-3-2-4-9-16)32(29,30)17-10-5-7-15(13-17)22(28)31-14-20(27)25-19-12-6-11-18(23)21(19)24/h2-13H,14H2,1H3,(H,25,27). The molecule has 0 fully saturated rings. The van der Waals surface area contributed by atoms with Gasteiger partial charge in [-0.2, -0.15) is 0 Å². The van der Waals surface area contributed by atoms with Crippen LogP contribution >= 0.6 is 23.2 Å². The molecule has 3 rings (SSSR count). The van der Waals surface area contributed by atoms with Crippen molar-refractivity contribution in [1.82, 2.24) is 0 Å². The van der Waals surface area contributed by atoms with Gasteiger partial charge >= 0.3 is 5.97 Å². The summed E-state index contributed by atoms with van der Waals surface area (Å²) in [6.45, 7) is -0.595. The molecule has 3 aromatic rings. The maximum Gasteiger partial charge on any atom is 0.338 e. The van der Waals surface area contributed by atoms with Crippen molar-refractivity contribution >= 4 is 56.5 Å². The van der Waals surface area contributed by atoms with Crippen LogP contribution in [0.2, 0.25) is 10.0 Å². The summed E-state index contributed by atoms with van der Waals surface area (Å²) in [4.78, 5) is 24.4. The predicted molar refractivity (Wildman–Crippen MR) is 124 cm³/mol. The van der Waals surface area contributed by atoms with Gasteiger partial charge in [0.05, 0.1) is 31.9 Å². The third kappa shape index (κ3) is 5.40. The molecule has 0 radical (unpaired) electrons. The summed E-state index contributed by atoms with van der Waals surface area (Å²) in [5, 5.41) is 2.92. The number of hydrogen-bond donors (Lipinski definition) is 1. The highest BCUT2D eigenvalue weighted by atomic mass is 35.5. The van der Waals surface area contributed by atoms with Gasteiger partial charge in [0.2, 0.25) is 0 Å². The van der Waals surface area contributed by atoms with Crippen LogP contribution in [0, 0.1) is 0 Å². The maximum atomic E-state index is 12.9. The Balaban J connectivity index is 1.68. The molecule has 0 spiro atoms. The van der Waals surface area contributed by atoms with Crippen LogP contribution in [0.3, 0.4) is 0 Å². The van der Waals surface area contributed by atoms with Crippen molar-refractivity contribution in [2.24, 2.45) is 0 Å². The molecule has 0 aliphatic rings. The Morgan fingerprint density at radius 1 is 0.969 bits per heavy atom. The average molecular weight is 493 g/mol. The van der Waals surface area contributed by atoms with Gasteiger partial charge in [0, 0.05) is 7.05 Å². The minimum atomic E-state index is -3.91. The number of rotatable bonds is 7. The fourth-order valence-corrected chi connectivity index (χ4v) is 4.31. The monoisotopic (exact) mass is 492 g/mol. The molecule has 0 saturated heterocycles. The van der Waals surface area contributed by atoms with E-state index >= 15 is 0 Å². The molecule has 166 valence electrons. The van der Waals surface area contributed by atoms with E-state index < -0.39 is 28.5 Å². The summed E-state index contributed by atoms with van der Waals surface area (Å²) in [5.41, 5.74) is 0.732. The molecule has 0 aromatic heterocycles. The molecule has 3 aromatic carbocycles. The van der Waals surface area contributed by atoms with Crippen molar-refractivity contribution in [2.45, 2.75) is 4.90 Å². The lowest BCUT2D eigenvalue weighted by Gasteiger charge is -2.19. The highest BCUT2D eigenvalue weighted by Crippen LogP contribution is 2.29. The smallest absolute Gasteiger partial charge is 0.338 e. The first-order valence-corrected chi connectivity index (χ1v) is 11.4. The third-order valence-corrected chi connectivity index (χ3v) is 7.01. The average Bonchev–Trinajstić information content (AvgIpc) is 2.80. The first-order valence-electron chi connectivity index (χ1n) is 9.25. The van der Waals surface area contributed by atoms with E-state index in [2.05, 4.69) is 5.32 Å². The van der Waals surface area contributed by atoms with E-state index in [-0.39, 0.29) is 26.2 Å². The lowest BCUT2D eigenvalue weighted by atomic mass is 10.2. The molecular weight excluding hydrogens is 475 g/mol. The Morgan fingerprint density at radius 2 is 1.66 bits per heavy atom. The lowest BCUT2D eigenvalue weighted by molar-refractivity contribution is -0.119. The molecule has 7 nitrogen and oxygen atoms in total. The molecule has 0 aliphatic heterocycles. The Kier molecular flexibility index (Phi) is 7.40. The number of amides is 1. The van der Waals surface area contributed by atoms with Crippen LogP contribution < -0.4 is 9.62 Å². The van der Waals surface area contributed by atoms with Crippen LogP contribution in [0.4, 0.5) is 11.4 Å². The second kappa shape index (κ2) is 10.0. The van der Waals surface area contributed by atoms with Gasteiger partial charge in [-0.25, -0.2) is 13.2 Å². The van der Waals surface area contributed by atoms with Crippen LogP contribution in [-0.4, -0.2) is 33.9 Å². The molecule has 0 heterocycles. The number of nitrogens with one attached hydrogen (secondary N) is 1. The maximum absolute atomic E-state index is 12.9. The van der Waals surface area contributed by atoms with Gasteiger partial charge in [0.15, 0.2) is 6.61 Å². The van der Waals surface area contributed by atoms with Crippen molar-refractivity contribution in [3.05, 3.63) is 88.4 Å². The highest BCUT2D eigenvalue weighted by molar-refractivity contribution is 7.92. The van der Waals surface area contributed by atoms with E-state index in [4.69, 9.17) is 27.9 Å². The minimum Gasteiger partial charge on any atom is -0.452 e. The van der Waals surface area contributed by atoms with E-state index in [1.165, 1.54) is 31.3 Å². The molecule has 0 unspecified atom stereocenters. The largest absolute Gasteiger partial charge is 0.452 e. The molecule has 1 amide bonds. The SMILES string of the molecule is CN(c1ccccc1)S(=O)(=O)c1cccc(C(=O)OCC(=O)Nc2cccc(Cl)c2Cl)c1.